The van der Waals surface area contributed by atoms with Crippen molar-refractivity contribution in [3.8, 4) is 0 Å². The highest BCUT2D eigenvalue weighted by Gasteiger charge is 2.10. The molecule has 6 nitrogen and oxygen atoms in total. The van der Waals surface area contributed by atoms with Crippen molar-refractivity contribution in [2.75, 3.05) is 12.3 Å². The standard InChI is InChI=1S/C21H23N3O3S/c1-3-24-18-9-8-16(12-17(18)23-20(26)21(24)27)19(25)22-10-11-28-13-15-6-4-14(2)5-7-15/h4-9,12H,3,10-11,13H2,1-2H3,(H,22,25)(H,23,26). The summed E-state index contributed by atoms with van der Waals surface area (Å²) in [5.74, 6) is 1.51. The van der Waals surface area contributed by atoms with E-state index in [1.54, 1.807) is 36.9 Å². The lowest BCUT2D eigenvalue weighted by Gasteiger charge is -2.09. The molecule has 0 spiro atoms. The Morgan fingerprint density at radius 1 is 1.14 bits per heavy atom. The first-order valence-electron chi connectivity index (χ1n) is 9.18. The summed E-state index contributed by atoms with van der Waals surface area (Å²) in [6, 6.07) is 13.4. The van der Waals surface area contributed by atoms with Gasteiger partial charge >= 0.3 is 11.1 Å². The van der Waals surface area contributed by atoms with Crippen molar-refractivity contribution in [1.29, 1.82) is 0 Å². The molecule has 3 rings (SSSR count). The monoisotopic (exact) mass is 397 g/mol. The fraction of sp³-hybridized carbons (Fsp3) is 0.286. The van der Waals surface area contributed by atoms with Gasteiger partial charge in [0.1, 0.15) is 0 Å². The van der Waals surface area contributed by atoms with Crippen molar-refractivity contribution >= 4 is 28.7 Å². The number of benzene rings is 2. The number of thioether (sulfide) groups is 1. The summed E-state index contributed by atoms with van der Waals surface area (Å²) in [6.45, 7) is 4.81. The number of aromatic amines is 1. The first kappa shape index (κ1) is 19.9. The maximum Gasteiger partial charge on any atom is 0.316 e. The van der Waals surface area contributed by atoms with E-state index in [-0.39, 0.29) is 5.91 Å². The maximum absolute atomic E-state index is 12.4. The van der Waals surface area contributed by atoms with Gasteiger partial charge in [-0.3, -0.25) is 14.4 Å². The zero-order chi connectivity index (χ0) is 20.1. The predicted octanol–water partition coefficient (Wildman–Crippen LogP) is 2.68. The number of carbonyl (C=O) groups is 1. The van der Waals surface area contributed by atoms with Crippen LogP contribution in [0.1, 0.15) is 28.4 Å². The fourth-order valence-electron chi connectivity index (χ4n) is 2.95. The van der Waals surface area contributed by atoms with Gasteiger partial charge in [0.25, 0.3) is 5.91 Å². The van der Waals surface area contributed by atoms with Crippen LogP contribution in [0.5, 0.6) is 0 Å². The Kier molecular flexibility index (Phi) is 6.36. The Morgan fingerprint density at radius 3 is 2.61 bits per heavy atom. The minimum absolute atomic E-state index is 0.201. The van der Waals surface area contributed by atoms with Crippen LogP contribution in [0.25, 0.3) is 11.0 Å². The Hall–Kier alpha value is -2.80. The summed E-state index contributed by atoms with van der Waals surface area (Å²) in [4.78, 5) is 38.6. The van der Waals surface area contributed by atoms with Crippen molar-refractivity contribution < 1.29 is 4.79 Å². The number of hydrogen-bond donors (Lipinski definition) is 2. The van der Waals surface area contributed by atoms with E-state index in [2.05, 4.69) is 41.5 Å². The van der Waals surface area contributed by atoms with E-state index in [1.165, 1.54) is 15.7 Å². The van der Waals surface area contributed by atoms with Gasteiger partial charge < -0.3 is 14.9 Å². The highest BCUT2D eigenvalue weighted by molar-refractivity contribution is 7.98. The Bertz CT molecular complexity index is 1100. The molecule has 0 bridgehead atoms. The fourth-order valence-corrected chi connectivity index (χ4v) is 3.77. The number of H-pyrrole nitrogens is 1. The first-order valence-corrected chi connectivity index (χ1v) is 10.3. The van der Waals surface area contributed by atoms with Crippen molar-refractivity contribution in [3.63, 3.8) is 0 Å². The molecule has 0 aliphatic carbocycles. The summed E-state index contributed by atoms with van der Waals surface area (Å²) < 4.78 is 1.40. The largest absolute Gasteiger partial charge is 0.351 e. The lowest BCUT2D eigenvalue weighted by molar-refractivity contribution is 0.0956. The third-order valence-electron chi connectivity index (χ3n) is 4.47. The summed E-state index contributed by atoms with van der Waals surface area (Å²) >= 11 is 1.76. The average Bonchev–Trinajstić information content (AvgIpc) is 2.69. The third kappa shape index (κ3) is 4.54. The number of aromatic nitrogens is 2. The molecule has 0 fully saturated rings. The van der Waals surface area contributed by atoms with Crippen molar-refractivity contribution in [2.24, 2.45) is 0 Å². The van der Waals surface area contributed by atoms with Gasteiger partial charge in [-0.25, -0.2) is 0 Å². The van der Waals surface area contributed by atoms with E-state index < -0.39 is 11.1 Å². The van der Waals surface area contributed by atoms with Crippen LogP contribution in [-0.2, 0) is 12.3 Å². The Labute approximate surface area is 167 Å². The van der Waals surface area contributed by atoms with Gasteiger partial charge in [0.15, 0.2) is 0 Å². The number of carbonyl (C=O) groups excluding carboxylic acids is 1. The van der Waals surface area contributed by atoms with Gasteiger partial charge in [-0.05, 0) is 37.6 Å². The second kappa shape index (κ2) is 8.93. The number of aryl methyl sites for hydroxylation is 2. The van der Waals surface area contributed by atoms with Gasteiger partial charge in [-0.2, -0.15) is 11.8 Å². The van der Waals surface area contributed by atoms with Crippen molar-refractivity contribution in [3.05, 3.63) is 79.9 Å². The molecule has 1 aromatic heterocycles. The number of nitrogens with one attached hydrogen (secondary N) is 2. The summed E-state index contributed by atoms with van der Waals surface area (Å²) in [5, 5.41) is 2.89. The van der Waals surface area contributed by atoms with E-state index >= 15 is 0 Å². The van der Waals surface area contributed by atoms with E-state index in [0.717, 1.165) is 11.5 Å². The van der Waals surface area contributed by atoms with Gasteiger partial charge in [0, 0.05) is 30.2 Å². The van der Waals surface area contributed by atoms with E-state index in [1.807, 2.05) is 0 Å². The number of amides is 1. The molecular formula is C21H23N3O3S. The van der Waals surface area contributed by atoms with Crippen LogP contribution in [0.2, 0.25) is 0 Å². The van der Waals surface area contributed by atoms with Crippen LogP contribution in [0.4, 0.5) is 0 Å². The quantitative estimate of drug-likeness (QED) is 0.474. The normalized spacial score (nSPS) is 10.9. The van der Waals surface area contributed by atoms with Crippen molar-refractivity contribution in [1.82, 2.24) is 14.9 Å². The molecule has 0 radical (unpaired) electrons. The number of nitrogens with zero attached hydrogens (tertiary/aromatic N) is 1. The molecular weight excluding hydrogens is 374 g/mol. The molecule has 146 valence electrons. The van der Waals surface area contributed by atoms with Gasteiger partial charge in [0.2, 0.25) is 0 Å². The molecule has 1 heterocycles. The molecule has 0 aliphatic heterocycles. The molecule has 0 saturated heterocycles. The van der Waals surface area contributed by atoms with Crippen LogP contribution < -0.4 is 16.4 Å². The molecule has 28 heavy (non-hydrogen) atoms. The molecule has 7 heteroatoms. The van der Waals surface area contributed by atoms with Crippen LogP contribution in [0, 0.1) is 6.92 Å². The minimum atomic E-state index is -0.681. The highest BCUT2D eigenvalue weighted by atomic mass is 32.2. The van der Waals surface area contributed by atoms with Crippen molar-refractivity contribution in [2.45, 2.75) is 26.1 Å². The van der Waals surface area contributed by atoms with E-state index in [0.29, 0.717) is 29.7 Å². The van der Waals surface area contributed by atoms with E-state index in [9.17, 15) is 14.4 Å². The second-order valence-electron chi connectivity index (χ2n) is 6.53. The van der Waals surface area contributed by atoms with Crippen LogP contribution in [0.15, 0.2) is 52.1 Å². The Balaban J connectivity index is 1.59. The molecule has 0 saturated carbocycles. The number of fused-ring (bicyclic) bond motifs is 1. The van der Waals surface area contributed by atoms with E-state index in [4.69, 9.17) is 0 Å². The topological polar surface area (TPSA) is 84.0 Å². The van der Waals surface area contributed by atoms with Gasteiger partial charge in [-0.1, -0.05) is 29.8 Å². The molecule has 3 aromatic rings. The molecule has 0 atom stereocenters. The first-order chi connectivity index (χ1) is 13.5. The van der Waals surface area contributed by atoms with Crippen LogP contribution in [0.3, 0.4) is 0 Å². The lowest BCUT2D eigenvalue weighted by Crippen LogP contribution is -2.36. The highest BCUT2D eigenvalue weighted by Crippen LogP contribution is 2.13. The summed E-state index contributed by atoms with van der Waals surface area (Å²) in [6.07, 6.45) is 0. The summed E-state index contributed by atoms with van der Waals surface area (Å²) in [7, 11) is 0. The second-order valence-corrected chi connectivity index (χ2v) is 7.63. The minimum Gasteiger partial charge on any atom is -0.351 e. The Morgan fingerprint density at radius 2 is 1.89 bits per heavy atom. The third-order valence-corrected chi connectivity index (χ3v) is 5.50. The van der Waals surface area contributed by atoms with Crippen LogP contribution in [-0.4, -0.2) is 27.8 Å². The van der Waals surface area contributed by atoms with Gasteiger partial charge in [-0.15, -0.1) is 0 Å². The SMILES string of the molecule is CCn1c(=O)c(=O)[nH]c2cc(C(=O)NCCSCc3ccc(C)cc3)ccc21. The summed E-state index contributed by atoms with van der Waals surface area (Å²) in [5.41, 5.74) is 2.78. The average molecular weight is 398 g/mol. The molecule has 1 amide bonds. The smallest absolute Gasteiger partial charge is 0.316 e. The number of hydrogen-bond acceptors (Lipinski definition) is 4. The van der Waals surface area contributed by atoms with Gasteiger partial charge in [0.05, 0.1) is 11.0 Å². The zero-order valence-corrected chi connectivity index (χ0v) is 16.8. The molecule has 2 N–H and O–H groups in total. The molecule has 0 unspecified atom stereocenters. The van der Waals surface area contributed by atoms with Crippen LogP contribution >= 0.6 is 11.8 Å². The lowest BCUT2D eigenvalue weighted by atomic mass is 10.1. The maximum atomic E-state index is 12.4. The number of rotatable bonds is 7. The zero-order valence-electron chi connectivity index (χ0n) is 16.0. The predicted molar refractivity (Wildman–Crippen MR) is 114 cm³/mol. The molecule has 0 aliphatic rings. The molecule has 2 aromatic carbocycles.